The van der Waals surface area contributed by atoms with Gasteiger partial charge in [0.05, 0.1) is 11.8 Å². The highest BCUT2D eigenvalue weighted by Gasteiger charge is 2.27. The SMILES string of the molecule is Cc1ccc(OCC(=O)N2CCC(O)CC2)cc1N1CCC(=O)NC1=O.O=C(NC1CCCCC1)C1CCCCC1. The lowest BCUT2D eigenvalue weighted by Crippen LogP contribution is -2.49. The summed E-state index contributed by atoms with van der Waals surface area (Å²) in [5, 5.41) is 15.1. The number of benzene rings is 1. The van der Waals surface area contributed by atoms with Crippen molar-refractivity contribution in [1.29, 1.82) is 0 Å². The van der Waals surface area contributed by atoms with E-state index in [1.165, 1.54) is 56.3 Å². The Labute approximate surface area is 243 Å². The summed E-state index contributed by atoms with van der Waals surface area (Å²) in [5.41, 5.74) is 1.53. The van der Waals surface area contributed by atoms with Crippen molar-refractivity contribution in [1.82, 2.24) is 15.5 Å². The molecule has 0 radical (unpaired) electrons. The molecule has 0 atom stereocenters. The topological polar surface area (TPSA) is 128 Å². The number of piperidine rings is 1. The summed E-state index contributed by atoms with van der Waals surface area (Å²) in [6.45, 7) is 3.15. The zero-order valence-electron chi connectivity index (χ0n) is 24.4. The minimum Gasteiger partial charge on any atom is -0.484 e. The average Bonchev–Trinajstić information content (AvgIpc) is 2.98. The van der Waals surface area contributed by atoms with E-state index in [4.69, 9.17) is 4.74 Å². The maximum Gasteiger partial charge on any atom is 0.328 e. The largest absolute Gasteiger partial charge is 0.484 e. The van der Waals surface area contributed by atoms with E-state index in [0.29, 0.717) is 61.8 Å². The van der Waals surface area contributed by atoms with Gasteiger partial charge in [0.2, 0.25) is 11.8 Å². The second-order valence-corrected chi connectivity index (χ2v) is 11.8. The summed E-state index contributed by atoms with van der Waals surface area (Å²) in [5.74, 6) is 0.761. The summed E-state index contributed by atoms with van der Waals surface area (Å²) in [6, 6.07) is 5.31. The van der Waals surface area contributed by atoms with E-state index in [2.05, 4.69) is 10.6 Å². The van der Waals surface area contributed by atoms with Gasteiger partial charge in [0.15, 0.2) is 6.61 Å². The molecule has 0 aromatic heterocycles. The molecule has 2 aliphatic carbocycles. The first kappa shape index (κ1) is 30.8. The van der Waals surface area contributed by atoms with Crippen LogP contribution in [0.4, 0.5) is 10.5 Å². The molecule has 2 saturated heterocycles. The van der Waals surface area contributed by atoms with Crippen molar-refractivity contribution < 1.29 is 29.0 Å². The molecule has 10 nitrogen and oxygen atoms in total. The summed E-state index contributed by atoms with van der Waals surface area (Å²) in [6.07, 6.45) is 13.5. The smallest absolute Gasteiger partial charge is 0.328 e. The van der Waals surface area contributed by atoms with Gasteiger partial charge in [-0.3, -0.25) is 24.6 Å². The van der Waals surface area contributed by atoms with Gasteiger partial charge in [-0.2, -0.15) is 0 Å². The number of imide groups is 1. The molecular weight excluding hydrogens is 524 g/mol. The zero-order chi connectivity index (χ0) is 29.2. The number of ether oxygens (including phenoxy) is 1. The second-order valence-electron chi connectivity index (χ2n) is 11.8. The highest BCUT2D eigenvalue weighted by Crippen LogP contribution is 2.28. The predicted molar refractivity (Wildman–Crippen MR) is 156 cm³/mol. The van der Waals surface area contributed by atoms with Crippen molar-refractivity contribution in [3.8, 4) is 5.75 Å². The number of nitrogens with one attached hydrogen (secondary N) is 2. The summed E-state index contributed by atoms with van der Waals surface area (Å²) in [7, 11) is 0. The summed E-state index contributed by atoms with van der Waals surface area (Å²) in [4.78, 5) is 50.7. The third-order valence-electron chi connectivity index (χ3n) is 8.63. The third-order valence-corrected chi connectivity index (χ3v) is 8.63. The minimum absolute atomic E-state index is 0.0940. The predicted octanol–water partition coefficient (Wildman–Crippen LogP) is 3.82. The van der Waals surface area contributed by atoms with Crippen LogP contribution in [0.15, 0.2) is 18.2 Å². The molecule has 5 amide bonds. The number of urea groups is 1. The first-order chi connectivity index (χ1) is 19.8. The first-order valence-electron chi connectivity index (χ1n) is 15.4. The quantitative estimate of drug-likeness (QED) is 0.477. The molecule has 226 valence electrons. The Morgan fingerprint density at radius 3 is 2.27 bits per heavy atom. The van der Waals surface area contributed by atoms with Gasteiger partial charge in [0.1, 0.15) is 5.75 Å². The number of hydrogen-bond acceptors (Lipinski definition) is 6. The Balaban J connectivity index is 0.000000218. The standard InChI is InChI=1S/C18H23N3O5.C13H23NO/c1-12-2-3-14(10-15(12)21-9-6-16(23)19-18(21)25)26-11-17(24)20-7-4-13(22)5-8-20;15-13(11-7-3-1-4-8-11)14-12-9-5-2-6-10-12/h2-3,10,13,22H,4-9,11H2,1H3,(H,19,23,25);11-12H,1-10H2,(H,14,15). The molecule has 2 heterocycles. The Morgan fingerprint density at radius 2 is 1.61 bits per heavy atom. The van der Waals surface area contributed by atoms with Crippen molar-refractivity contribution in [2.75, 3.05) is 31.1 Å². The van der Waals surface area contributed by atoms with Crippen LogP contribution in [0.1, 0.15) is 89.0 Å². The van der Waals surface area contributed by atoms with Crippen molar-refractivity contribution in [2.24, 2.45) is 5.92 Å². The Kier molecular flexibility index (Phi) is 11.4. The van der Waals surface area contributed by atoms with Crippen LogP contribution < -0.4 is 20.3 Å². The van der Waals surface area contributed by atoms with Crippen LogP contribution >= 0.6 is 0 Å². The maximum atomic E-state index is 12.2. The number of aliphatic hydroxyl groups excluding tert-OH is 1. The van der Waals surface area contributed by atoms with Gasteiger partial charge < -0.3 is 20.1 Å². The van der Waals surface area contributed by atoms with Crippen LogP contribution in [0, 0.1) is 12.8 Å². The maximum absolute atomic E-state index is 12.2. The van der Waals surface area contributed by atoms with Crippen molar-refractivity contribution in [3.63, 3.8) is 0 Å². The molecule has 10 heteroatoms. The highest BCUT2D eigenvalue weighted by atomic mass is 16.5. The number of aliphatic hydroxyl groups is 1. The molecule has 2 aliphatic heterocycles. The van der Waals surface area contributed by atoms with Crippen LogP contribution in [0.5, 0.6) is 5.75 Å². The van der Waals surface area contributed by atoms with Gasteiger partial charge in [-0.05, 0) is 57.1 Å². The van der Waals surface area contributed by atoms with Crippen LogP contribution in [0.3, 0.4) is 0 Å². The fourth-order valence-corrected chi connectivity index (χ4v) is 6.05. The Hall–Kier alpha value is -3.14. The van der Waals surface area contributed by atoms with Crippen molar-refractivity contribution in [2.45, 2.75) is 103 Å². The molecule has 0 bridgehead atoms. The summed E-state index contributed by atoms with van der Waals surface area (Å²) < 4.78 is 5.61. The number of carbonyl (C=O) groups is 4. The molecule has 4 fully saturated rings. The molecule has 2 saturated carbocycles. The minimum atomic E-state index is -0.454. The molecule has 0 unspecified atom stereocenters. The molecule has 41 heavy (non-hydrogen) atoms. The van der Waals surface area contributed by atoms with Gasteiger partial charge >= 0.3 is 6.03 Å². The van der Waals surface area contributed by atoms with Crippen LogP contribution in [0.25, 0.3) is 0 Å². The van der Waals surface area contributed by atoms with Gasteiger partial charge in [-0.25, -0.2) is 4.79 Å². The Bertz CT molecular complexity index is 1060. The normalized spacial score (nSPS) is 21.0. The van der Waals surface area contributed by atoms with Gasteiger partial charge in [0, 0.05) is 44.1 Å². The summed E-state index contributed by atoms with van der Waals surface area (Å²) >= 11 is 0. The lowest BCUT2D eigenvalue weighted by Gasteiger charge is -2.30. The number of likely N-dealkylation sites (tertiary alicyclic amines) is 1. The number of aryl methyl sites for hydroxylation is 1. The first-order valence-corrected chi connectivity index (χ1v) is 15.4. The van der Waals surface area contributed by atoms with Crippen LogP contribution in [0.2, 0.25) is 0 Å². The molecule has 1 aromatic rings. The van der Waals surface area contributed by atoms with Gasteiger partial charge in [0.25, 0.3) is 5.91 Å². The van der Waals surface area contributed by atoms with Crippen LogP contribution in [-0.4, -0.2) is 72.1 Å². The number of anilines is 1. The fraction of sp³-hybridized carbons (Fsp3) is 0.677. The molecule has 5 rings (SSSR count). The second kappa shape index (κ2) is 15.2. The molecular formula is C31H46N4O6. The molecule has 0 spiro atoms. The number of nitrogens with zero attached hydrogens (tertiary/aromatic N) is 2. The highest BCUT2D eigenvalue weighted by molar-refractivity contribution is 6.06. The van der Waals surface area contributed by atoms with E-state index in [-0.39, 0.29) is 30.9 Å². The lowest BCUT2D eigenvalue weighted by atomic mass is 9.87. The number of rotatable bonds is 6. The molecule has 1 aromatic carbocycles. The van der Waals surface area contributed by atoms with Crippen molar-refractivity contribution >= 4 is 29.4 Å². The average molecular weight is 571 g/mol. The van der Waals surface area contributed by atoms with Crippen molar-refractivity contribution in [3.05, 3.63) is 23.8 Å². The zero-order valence-corrected chi connectivity index (χ0v) is 24.4. The van der Waals surface area contributed by atoms with E-state index in [1.54, 1.807) is 17.0 Å². The molecule has 3 N–H and O–H groups in total. The Morgan fingerprint density at radius 1 is 0.951 bits per heavy atom. The lowest BCUT2D eigenvalue weighted by molar-refractivity contribution is -0.135. The van der Waals surface area contributed by atoms with E-state index in [1.807, 2.05) is 13.0 Å². The van der Waals surface area contributed by atoms with Gasteiger partial charge in [-0.1, -0.05) is 44.6 Å². The van der Waals surface area contributed by atoms with Gasteiger partial charge in [-0.15, -0.1) is 0 Å². The van der Waals surface area contributed by atoms with E-state index in [9.17, 15) is 24.3 Å². The van der Waals surface area contributed by atoms with E-state index >= 15 is 0 Å². The van der Waals surface area contributed by atoms with E-state index in [0.717, 1.165) is 18.4 Å². The van der Waals surface area contributed by atoms with E-state index < -0.39 is 6.03 Å². The monoisotopic (exact) mass is 570 g/mol. The van der Waals surface area contributed by atoms with Crippen LogP contribution in [-0.2, 0) is 14.4 Å². The number of carbonyl (C=O) groups excluding carboxylic acids is 4. The number of hydrogen-bond donors (Lipinski definition) is 3. The number of amides is 5. The third kappa shape index (κ3) is 9.18. The fourth-order valence-electron chi connectivity index (χ4n) is 6.05. The molecule has 4 aliphatic rings.